The maximum Gasteiger partial charge on any atom is 0.102 e. The van der Waals surface area contributed by atoms with Gasteiger partial charge in [0.15, 0.2) is 0 Å². The molecular formula is C50H27N3S7. The largest absolute Gasteiger partial charge is 0.300 e. The molecule has 0 atom stereocenters. The van der Waals surface area contributed by atoms with E-state index in [1.54, 1.807) is 0 Å². The van der Waals surface area contributed by atoms with Crippen LogP contribution in [0.4, 0.5) is 49.1 Å². The molecule has 7 heterocycles. The minimum Gasteiger partial charge on any atom is -0.300 e. The van der Waals surface area contributed by atoms with E-state index in [1.807, 2.05) is 80.6 Å². The molecule has 0 saturated heterocycles. The summed E-state index contributed by atoms with van der Waals surface area (Å²) >= 11 is 13.4. The first-order valence-corrected chi connectivity index (χ1v) is 25.3. The molecule has 0 N–H and O–H groups in total. The highest BCUT2D eigenvalue weighted by molar-refractivity contribution is 8.00. The molecule has 284 valence electrons. The Balaban J connectivity index is 1.05. The van der Waals surface area contributed by atoms with Crippen molar-refractivity contribution in [1.82, 2.24) is 0 Å². The minimum atomic E-state index is 1.24. The van der Waals surface area contributed by atoms with Crippen molar-refractivity contribution in [2.24, 2.45) is 0 Å². The Hall–Kier alpha value is -5.17. The lowest BCUT2D eigenvalue weighted by molar-refractivity contribution is 1.18. The van der Waals surface area contributed by atoms with Crippen molar-refractivity contribution < 1.29 is 0 Å². The van der Waals surface area contributed by atoms with Crippen molar-refractivity contribution in [1.29, 1.82) is 0 Å². The summed E-state index contributed by atoms with van der Waals surface area (Å²) < 4.78 is 6.78. The maximum atomic E-state index is 2.51. The van der Waals surface area contributed by atoms with Crippen LogP contribution in [0.3, 0.4) is 0 Å². The van der Waals surface area contributed by atoms with Crippen LogP contribution in [0.5, 0.6) is 0 Å². The van der Waals surface area contributed by atoms with Crippen LogP contribution in [-0.2, 0) is 0 Å². The lowest BCUT2D eigenvalue weighted by Crippen LogP contribution is -2.13. The van der Waals surface area contributed by atoms with Crippen LogP contribution in [0.25, 0.3) is 39.7 Å². The Morgan fingerprint density at radius 1 is 0.283 bits per heavy atom. The Morgan fingerprint density at radius 3 is 1.00 bits per heavy atom. The van der Waals surface area contributed by atoms with Crippen LogP contribution in [-0.4, -0.2) is 0 Å². The molecule has 4 aromatic heterocycles. The molecule has 0 bridgehead atoms. The molecule has 14 rings (SSSR count). The molecule has 0 radical (unpaired) electrons. The van der Waals surface area contributed by atoms with Gasteiger partial charge in [-0.2, -0.15) is 0 Å². The number of fused-ring (bicyclic) bond motifs is 14. The molecule has 0 unspecified atom stereocenters. The lowest BCUT2D eigenvalue weighted by Gasteiger charge is -2.31. The predicted molar refractivity (Wildman–Crippen MR) is 264 cm³/mol. The normalized spacial score (nSPS) is 14.0. The standard InChI is InChI=1S/C50H27N3S7/c1-7-19-36-30(13-1)51(31-14-2-8-20-37(31)54-36)43-25-28-46-47(57-42-27-45(60-50(42)46)53-34-17-5-11-23-40(34)56-41-24-12-6-18-35(41)53)29-26-44(59-49(29)48(28)58-43)52-32-15-3-9-21-38(32)55-39-22-10-4-16-33(39)52/h1-27H. The van der Waals surface area contributed by atoms with Crippen molar-refractivity contribution in [2.45, 2.75) is 29.4 Å². The van der Waals surface area contributed by atoms with E-state index in [0.717, 1.165) is 0 Å². The van der Waals surface area contributed by atoms with E-state index >= 15 is 0 Å². The summed E-state index contributed by atoms with van der Waals surface area (Å²) in [5.41, 5.74) is 7.44. The number of hydrogen-bond acceptors (Lipinski definition) is 10. The third-order valence-electron chi connectivity index (χ3n) is 11.5. The quantitative estimate of drug-likeness (QED) is 0.174. The zero-order valence-electron chi connectivity index (χ0n) is 31.3. The fraction of sp³-hybridized carbons (Fsp3) is 0. The summed E-state index contributed by atoms with van der Waals surface area (Å²) in [6, 6.07) is 60.6. The minimum absolute atomic E-state index is 1.24. The molecular weight excluding hydrogens is 867 g/mol. The Bertz CT molecular complexity index is 3460. The molecule has 3 aliphatic rings. The molecule has 7 aromatic carbocycles. The first kappa shape index (κ1) is 34.5. The Morgan fingerprint density at radius 2 is 0.600 bits per heavy atom. The average molecular weight is 894 g/mol. The van der Waals surface area contributed by atoms with Gasteiger partial charge in [0, 0.05) is 54.9 Å². The first-order chi connectivity index (χ1) is 29.7. The van der Waals surface area contributed by atoms with Gasteiger partial charge in [-0.3, -0.25) is 14.7 Å². The second-order valence-electron chi connectivity index (χ2n) is 14.9. The van der Waals surface area contributed by atoms with Gasteiger partial charge in [0.05, 0.1) is 48.2 Å². The van der Waals surface area contributed by atoms with Gasteiger partial charge in [0.1, 0.15) is 15.0 Å². The monoisotopic (exact) mass is 893 g/mol. The van der Waals surface area contributed by atoms with Crippen LogP contribution in [0, 0.1) is 0 Å². The van der Waals surface area contributed by atoms with E-state index in [-0.39, 0.29) is 0 Å². The summed E-state index contributed by atoms with van der Waals surface area (Å²) in [6.07, 6.45) is 0. The summed E-state index contributed by atoms with van der Waals surface area (Å²) in [5, 5.41) is 7.79. The summed E-state index contributed by atoms with van der Waals surface area (Å²) in [6.45, 7) is 0. The van der Waals surface area contributed by atoms with Crippen molar-refractivity contribution in [3.63, 3.8) is 0 Å². The second kappa shape index (κ2) is 13.2. The van der Waals surface area contributed by atoms with Crippen molar-refractivity contribution in [3.05, 3.63) is 164 Å². The molecule has 0 fully saturated rings. The Labute approximate surface area is 374 Å². The van der Waals surface area contributed by atoms with Gasteiger partial charge in [0.2, 0.25) is 0 Å². The number of para-hydroxylation sites is 6. The molecule has 60 heavy (non-hydrogen) atoms. The van der Waals surface area contributed by atoms with Gasteiger partial charge < -0.3 is 0 Å². The molecule has 0 spiro atoms. The van der Waals surface area contributed by atoms with E-state index in [1.165, 1.54) is 118 Å². The zero-order valence-corrected chi connectivity index (χ0v) is 37.0. The molecule has 11 aromatic rings. The zero-order chi connectivity index (χ0) is 39.1. The molecule has 3 aliphatic heterocycles. The van der Waals surface area contributed by atoms with Gasteiger partial charge >= 0.3 is 0 Å². The molecule has 10 heteroatoms. The van der Waals surface area contributed by atoms with Crippen molar-refractivity contribution >= 4 is 169 Å². The van der Waals surface area contributed by atoms with E-state index in [0.29, 0.717) is 0 Å². The highest BCUT2D eigenvalue weighted by Crippen LogP contribution is 2.61. The number of rotatable bonds is 3. The second-order valence-corrected chi connectivity index (χ2v) is 22.3. The van der Waals surface area contributed by atoms with Crippen LogP contribution in [0.1, 0.15) is 0 Å². The molecule has 0 aliphatic carbocycles. The maximum absolute atomic E-state index is 2.51. The number of hydrogen-bond donors (Lipinski definition) is 0. The van der Waals surface area contributed by atoms with Gasteiger partial charge in [-0.25, -0.2) is 0 Å². The van der Waals surface area contributed by atoms with Gasteiger partial charge in [0.25, 0.3) is 0 Å². The summed E-state index contributed by atoms with van der Waals surface area (Å²) in [4.78, 5) is 15.2. The third-order valence-corrected chi connectivity index (χ3v) is 19.7. The molecule has 3 nitrogen and oxygen atoms in total. The van der Waals surface area contributed by atoms with Crippen LogP contribution < -0.4 is 14.7 Å². The van der Waals surface area contributed by atoms with E-state index in [2.05, 4.69) is 178 Å². The highest BCUT2D eigenvalue weighted by Gasteiger charge is 2.32. The Kier molecular flexibility index (Phi) is 7.58. The van der Waals surface area contributed by atoms with Crippen LogP contribution >= 0.6 is 80.6 Å². The molecule has 0 saturated carbocycles. The van der Waals surface area contributed by atoms with Crippen LogP contribution in [0.15, 0.2) is 193 Å². The smallest absolute Gasteiger partial charge is 0.102 e. The summed E-state index contributed by atoms with van der Waals surface area (Å²) in [7, 11) is 0. The topological polar surface area (TPSA) is 9.72 Å². The van der Waals surface area contributed by atoms with Crippen molar-refractivity contribution in [3.8, 4) is 0 Å². The fourth-order valence-electron chi connectivity index (χ4n) is 8.91. The number of nitrogens with zero attached hydrogens (tertiary/aromatic N) is 3. The predicted octanol–water partition coefficient (Wildman–Crippen LogP) is 18.3. The van der Waals surface area contributed by atoms with E-state index < -0.39 is 0 Å². The average Bonchev–Trinajstić information content (AvgIpc) is 4.09. The van der Waals surface area contributed by atoms with E-state index in [4.69, 9.17) is 0 Å². The van der Waals surface area contributed by atoms with Gasteiger partial charge in [-0.15, -0.1) is 45.3 Å². The van der Waals surface area contributed by atoms with E-state index in [9.17, 15) is 0 Å². The van der Waals surface area contributed by atoms with Gasteiger partial charge in [-0.05, 0) is 91.0 Å². The lowest BCUT2D eigenvalue weighted by atomic mass is 10.1. The SMILES string of the molecule is c1ccc2c(c1)Sc1ccccc1N2c1cc2c(s1)c1sc(N3c4ccccc4Sc4ccccc43)cc1c1c3sc(N4c5ccccc5Sc5ccccc54)cc3sc21. The highest BCUT2D eigenvalue weighted by atomic mass is 32.2. The van der Waals surface area contributed by atoms with Crippen molar-refractivity contribution in [2.75, 3.05) is 14.7 Å². The third kappa shape index (κ3) is 4.98. The van der Waals surface area contributed by atoms with Gasteiger partial charge in [-0.1, -0.05) is 108 Å². The summed E-state index contributed by atoms with van der Waals surface area (Å²) in [5.74, 6) is 0. The number of benzene rings is 7. The first-order valence-electron chi connectivity index (χ1n) is 19.6. The number of thiophene rings is 4. The molecule has 0 amide bonds. The number of anilines is 9. The van der Waals surface area contributed by atoms with Crippen LogP contribution in [0.2, 0.25) is 0 Å². The fourth-order valence-corrected chi connectivity index (χ4v) is 17.4.